The standard InChI is InChI=1S/C9H16N2O3/c1-2-11-6-7(5-10-11)9(14)8(13)3-4-12/h5-6,8-9,12-14H,2-4H2,1H3. The van der Waals surface area contributed by atoms with E-state index in [1.807, 2.05) is 6.92 Å². The van der Waals surface area contributed by atoms with Crippen LogP contribution in [0.2, 0.25) is 0 Å². The van der Waals surface area contributed by atoms with Crippen LogP contribution in [-0.4, -0.2) is 37.8 Å². The van der Waals surface area contributed by atoms with Crippen LogP contribution in [0.3, 0.4) is 0 Å². The van der Waals surface area contributed by atoms with Crippen LogP contribution < -0.4 is 0 Å². The molecule has 2 atom stereocenters. The molecule has 1 aromatic heterocycles. The van der Waals surface area contributed by atoms with Gasteiger partial charge in [-0.25, -0.2) is 0 Å². The second-order valence-electron chi connectivity index (χ2n) is 3.15. The molecule has 1 heterocycles. The fraction of sp³-hybridized carbons (Fsp3) is 0.667. The van der Waals surface area contributed by atoms with Crippen LogP contribution in [0.15, 0.2) is 12.4 Å². The van der Waals surface area contributed by atoms with Crippen LogP contribution in [0, 0.1) is 0 Å². The molecule has 5 heteroatoms. The molecule has 1 aromatic rings. The van der Waals surface area contributed by atoms with Gasteiger partial charge in [0.1, 0.15) is 6.10 Å². The molecule has 0 amide bonds. The van der Waals surface area contributed by atoms with Gasteiger partial charge in [-0.15, -0.1) is 0 Å². The fourth-order valence-electron chi connectivity index (χ4n) is 1.22. The largest absolute Gasteiger partial charge is 0.396 e. The molecule has 0 spiro atoms. The van der Waals surface area contributed by atoms with Crippen molar-refractivity contribution in [3.05, 3.63) is 18.0 Å². The Morgan fingerprint density at radius 1 is 1.50 bits per heavy atom. The molecule has 0 aliphatic rings. The average molecular weight is 200 g/mol. The average Bonchev–Trinajstić information content (AvgIpc) is 2.65. The zero-order chi connectivity index (χ0) is 10.6. The summed E-state index contributed by atoms with van der Waals surface area (Å²) in [5.41, 5.74) is 0.577. The van der Waals surface area contributed by atoms with Crippen molar-refractivity contribution in [2.45, 2.75) is 32.1 Å². The van der Waals surface area contributed by atoms with E-state index in [2.05, 4.69) is 5.10 Å². The molecule has 0 saturated heterocycles. The van der Waals surface area contributed by atoms with Crippen LogP contribution in [-0.2, 0) is 6.54 Å². The highest BCUT2D eigenvalue weighted by molar-refractivity contribution is 5.09. The highest BCUT2D eigenvalue weighted by atomic mass is 16.3. The Bertz CT molecular complexity index is 275. The summed E-state index contributed by atoms with van der Waals surface area (Å²) in [6.07, 6.45) is 1.47. The lowest BCUT2D eigenvalue weighted by molar-refractivity contribution is 0.00417. The van der Waals surface area contributed by atoms with Crippen LogP contribution in [0.5, 0.6) is 0 Å². The number of aromatic nitrogens is 2. The Morgan fingerprint density at radius 2 is 2.21 bits per heavy atom. The van der Waals surface area contributed by atoms with Crippen LogP contribution in [0.1, 0.15) is 25.0 Å². The van der Waals surface area contributed by atoms with E-state index in [-0.39, 0.29) is 13.0 Å². The van der Waals surface area contributed by atoms with E-state index in [9.17, 15) is 10.2 Å². The van der Waals surface area contributed by atoms with Crippen molar-refractivity contribution in [1.29, 1.82) is 0 Å². The van der Waals surface area contributed by atoms with Gasteiger partial charge >= 0.3 is 0 Å². The summed E-state index contributed by atoms with van der Waals surface area (Å²) in [5, 5.41) is 31.6. The smallest absolute Gasteiger partial charge is 0.108 e. The molecular weight excluding hydrogens is 184 g/mol. The predicted octanol–water partition coefficient (Wildman–Crippen LogP) is -0.320. The minimum Gasteiger partial charge on any atom is -0.396 e. The van der Waals surface area contributed by atoms with E-state index < -0.39 is 12.2 Å². The molecule has 80 valence electrons. The number of nitrogens with zero attached hydrogens (tertiary/aromatic N) is 2. The topological polar surface area (TPSA) is 78.5 Å². The van der Waals surface area contributed by atoms with Crippen molar-refractivity contribution < 1.29 is 15.3 Å². The summed E-state index contributed by atoms with van der Waals surface area (Å²) in [7, 11) is 0. The molecule has 14 heavy (non-hydrogen) atoms. The Morgan fingerprint density at radius 3 is 2.71 bits per heavy atom. The third-order valence-corrected chi connectivity index (χ3v) is 2.11. The van der Waals surface area contributed by atoms with Gasteiger partial charge in [0.2, 0.25) is 0 Å². The van der Waals surface area contributed by atoms with Crippen LogP contribution in [0.4, 0.5) is 0 Å². The van der Waals surface area contributed by atoms with Gasteiger partial charge in [-0.05, 0) is 13.3 Å². The summed E-state index contributed by atoms with van der Waals surface area (Å²) in [6, 6.07) is 0. The quantitative estimate of drug-likeness (QED) is 0.608. The van der Waals surface area contributed by atoms with E-state index in [1.54, 1.807) is 10.9 Å². The minimum atomic E-state index is -0.970. The Kier molecular flexibility index (Phi) is 4.06. The second kappa shape index (κ2) is 5.09. The second-order valence-corrected chi connectivity index (χ2v) is 3.15. The van der Waals surface area contributed by atoms with E-state index >= 15 is 0 Å². The third kappa shape index (κ3) is 2.54. The monoisotopic (exact) mass is 200 g/mol. The molecule has 0 aliphatic carbocycles. The van der Waals surface area contributed by atoms with Crippen molar-refractivity contribution in [3.8, 4) is 0 Å². The van der Waals surface area contributed by atoms with Crippen molar-refractivity contribution in [2.24, 2.45) is 0 Å². The van der Waals surface area contributed by atoms with Gasteiger partial charge in [-0.1, -0.05) is 0 Å². The molecule has 5 nitrogen and oxygen atoms in total. The third-order valence-electron chi connectivity index (χ3n) is 2.11. The number of hydrogen-bond donors (Lipinski definition) is 3. The van der Waals surface area contributed by atoms with Gasteiger partial charge in [0.05, 0.1) is 12.3 Å². The normalized spacial score (nSPS) is 15.4. The van der Waals surface area contributed by atoms with Crippen molar-refractivity contribution in [3.63, 3.8) is 0 Å². The van der Waals surface area contributed by atoms with E-state index in [0.717, 1.165) is 6.54 Å². The summed E-state index contributed by atoms with van der Waals surface area (Å²) in [6.45, 7) is 2.52. The Hall–Kier alpha value is -0.910. The first-order chi connectivity index (χ1) is 6.69. The summed E-state index contributed by atoms with van der Waals surface area (Å²) < 4.78 is 1.67. The maximum atomic E-state index is 9.61. The zero-order valence-corrected chi connectivity index (χ0v) is 8.17. The van der Waals surface area contributed by atoms with Gasteiger partial charge in [0.15, 0.2) is 0 Å². The summed E-state index contributed by atoms with van der Waals surface area (Å²) >= 11 is 0. The highest BCUT2D eigenvalue weighted by Crippen LogP contribution is 2.17. The van der Waals surface area contributed by atoms with Crippen molar-refractivity contribution >= 4 is 0 Å². The minimum absolute atomic E-state index is 0.139. The molecular formula is C9H16N2O3. The number of rotatable bonds is 5. The summed E-state index contributed by atoms with van der Waals surface area (Å²) in [4.78, 5) is 0. The first-order valence-corrected chi connectivity index (χ1v) is 4.68. The molecule has 0 aromatic carbocycles. The number of hydrogen-bond acceptors (Lipinski definition) is 4. The molecule has 0 fully saturated rings. The Balaban J connectivity index is 2.63. The maximum Gasteiger partial charge on any atom is 0.108 e. The molecule has 3 N–H and O–H groups in total. The first-order valence-electron chi connectivity index (χ1n) is 4.68. The predicted molar refractivity (Wildman–Crippen MR) is 50.6 cm³/mol. The van der Waals surface area contributed by atoms with Gasteiger partial charge in [-0.2, -0.15) is 5.10 Å². The Labute approximate surface area is 82.6 Å². The van der Waals surface area contributed by atoms with Crippen LogP contribution >= 0.6 is 0 Å². The van der Waals surface area contributed by atoms with E-state index in [0.29, 0.717) is 5.56 Å². The zero-order valence-electron chi connectivity index (χ0n) is 8.17. The molecule has 1 rings (SSSR count). The summed E-state index contributed by atoms with van der Waals surface area (Å²) in [5.74, 6) is 0. The SMILES string of the molecule is CCn1cc(C(O)C(O)CCO)cn1. The number of aliphatic hydroxyl groups is 3. The molecule has 0 aliphatic heterocycles. The van der Waals surface area contributed by atoms with Crippen molar-refractivity contribution in [1.82, 2.24) is 9.78 Å². The number of aliphatic hydroxyl groups excluding tert-OH is 3. The lowest BCUT2D eigenvalue weighted by Crippen LogP contribution is -2.19. The van der Waals surface area contributed by atoms with E-state index in [4.69, 9.17) is 5.11 Å². The van der Waals surface area contributed by atoms with Crippen molar-refractivity contribution in [2.75, 3.05) is 6.61 Å². The molecule has 0 radical (unpaired) electrons. The molecule has 2 unspecified atom stereocenters. The highest BCUT2D eigenvalue weighted by Gasteiger charge is 2.18. The van der Waals surface area contributed by atoms with E-state index in [1.165, 1.54) is 6.20 Å². The lowest BCUT2D eigenvalue weighted by Gasteiger charge is -2.14. The first kappa shape index (κ1) is 11.2. The molecule has 0 saturated carbocycles. The maximum absolute atomic E-state index is 9.61. The molecule has 0 bridgehead atoms. The fourth-order valence-corrected chi connectivity index (χ4v) is 1.22. The van der Waals surface area contributed by atoms with Gasteiger partial charge in [0, 0.05) is 24.9 Å². The van der Waals surface area contributed by atoms with Gasteiger partial charge in [-0.3, -0.25) is 4.68 Å². The number of aryl methyl sites for hydroxylation is 1. The lowest BCUT2D eigenvalue weighted by atomic mass is 10.1. The van der Waals surface area contributed by atoms with Gasteiger partial charge < -0.3 is 15.3 Å². The van der Waals surface area contributed by atoms with Gasteiger partial charge in [0.25, 0.3) is 0 Å². The van der Waals surface area contributed by atoms with Crippen LogP contribution in [0.25, 0.3) is 0 Å².